The zero-order valence-corrected chi connectivity index (χ0v) is 11.9. The number of carbonyl (C=O) groups is 2. The molecule has 3 N–H and O–H groups in total. The van der Waals surface area contributed by atoms with Crippen molar-refractivity contribution in [2.24, 2.45) is 5.10 Å². The Morgan fingerprint density at radius 1 is 1.13 bits per heavy atom. The van der Waals surface area contributed by atoms with Crippen LogP contribution >= 0.6 is 0 Å². The van der Waals surface area contributed by atoms with E-state index in [4.69, 9.17) is 5.11 Å². The molecule has 1 aromatic heterocycles. The van der Waals surface area contributed by atoms with Crippen LogP contribution in [0, 0.1) is 0 Å². The lowest BCUT2D eigenvalue weighted by molar-refractivity contribution is 0.0696. The fourth-order valence-corrected chi connectivity index (χ4v) is 2.02. The molecule has 0 spiro atoms. The first-order valence-corrected chi connectivity index (χ1v) is 6.73. The second kappa shape index (κ2) is 6.10. The van der Waals surface area contributed by atoms with Crippen LogP contribution in [-0.2, 0) is 0 Å². The van der Waals surface area contributed by atoms with Gasteiger partial charge in [-0.25, -0.2) is 15.2 Å². The number of aromatic carboxylic acids is 1. The van der Waals surface area contributed by atoms with Gasteiger partial charge in [0.25, 0.3) is 5.91 Å². The SMILES string of the molecule is O=C(O)c1ccc(/C=N/NC(=O)c2ccc3nc[nH]c3c2)cc1. The van der Waals surface area contributed by atoms with E-state index in [9.17, 15) is 9.59 Å². The number of hydrogen-bond donors (Lipinski definition) is 3. The zero-order chi connectivity index (χ0) is 16.2. The molecule has 3 rings (SSSR count). The molecule has 1 amide bonds. The minimum atomic E-state index is -0.990. The van der Waals surface area contributed by atoms with Crippen LogP contribution in [0.1, 0.15) is 26.3 Å². The molecule has 0 unspecified atom stereocenters. The van der Waals surface area contributed by atoms with Crippen molar-refractivity contribution in [3.8, 4) is 0 Å². The van der Waals surface area contributed by atoms with Gasteiger partial charge >= 0.3 is 5.97 Å². The number of hydrazone groups is 1. The van der Waals surface area contributed by atoms with E-state index in [0.717, 1.165) is 11.0 Å². The van der Waals surface area contributed by atoms with Crippen LogP contribution in [0.15, 0.2) is 53.9 Å². The number of aromatic amines is 1. The lowest BCUT2D eigenvalue weighted by Gasteiger charge is -2.00. The molecule has 3 aromatic rings. The molecule has 0 saturated carbocycles. The summed E-state index contributed by atoms with van der Waals surface area (Å²) in [6.07, 6.45) is 3.00. The number of amides is 1. The Hall–Kier alpha value is -3.48. The fourth-order valence-electron chi connectivity index (χ4n) is 2.02. The summed E-state index contributed by atoms with van der Waals surface area (Å²) in [4.78, 5) is 29.8. The molecule has 0 fully saturated rings. The summed E-state index contributed by atoms with van der Waals surface area (Å²) in [6, 6.07) is 11.3. The Morgan fingerprint density at radius 3 is 2.61 bits per heavy atom. The van der Waals surface area contributed by atoms with Crippen LogP contribution < -0.4 is 5.43 Å². The minimum Gasteiger partial charge on any atom is -0.478 e. The molecule has 23 heavy (non-hydrogen) atoms. The molecule has 0 radical (unpaired) electrons. The highest BCUT2D eigenvalue weighted by Crippen LogP contribution is 2.11. The average molecular weight is 308 g/mol. The average Bonchev–Trinajstić information content (AvgIpc) is 3.02. The van der Waals surface area contributed by atoms with Crippen molar-refractivity contribution in [1.82, 2.24) is 15.4 Å². The summed E-state index contributed by atoms with van der Waals surface area (Å²) in [5.74, 6) is -1.34. The van der Waals surface area contributed by atoms with E-state index in [1.54, 1.807) is 36.7 Å². The number of benzene rings is 2. The second-order valence-electron chi connectivity index (χ2n) is 4.76. The Morgan fingerprint density at radius 2 is 1.87 bits per heavy atom. The molecule has 2 aromatic carbocycles. The summed E-state index contributed by atoms with van der Waals surface area (Å²) in [5, 5.41) is 12.7. The first kappa shape index (κ1) is 14.5. The van der Waals surface area contributed by atoms with Crippen LogP contribution in [0.25, 0.3) is 11.0 Å². The quantitative estimate of drug-likeness (QED) is 0.506. The number of nitrogens with zero attached hydrogens (tertiary/aromatic N) is 2. The number of H-pyrrole nitrogens is 1. The van der Waals surface area contributed by atoms with Gasteiger partial charge < -0.3 is 10.1 Å². The van der Waals surface area contributed by atoms with Gasteiger partial charge in [0.2, 0.25) is 0 Å². The standard InChI is InChI=1S/C16H12N4O3/c21-15(12-5-6-13-14(7-12)18-9-17-13)20-19-8-10-1-3-11(4-2-10)16(22)23/h1-9H,(H,17,18)(H,20,21)(H,22,23)/b19-8+. The van der Waals surface area contributed by atoms with E-state index in [0.29, 0.717) is 11.1 Å². The molecule has 1 heterocycles. The van der Waals surface area contributed by atoms with Gasteiger partial charge in [-0.15, -0.1) is 0 Å². The summed E-state index contributed by atoms with van der Waals surface area (Å²) in [5.41, 5.74) is 5.30. The highest BCUT2D eigenvalue weighted by atomic mass is 16.4. The van der Waals surface area contributed by atoms with Crippen LogP contribution in [0.5, 0.6) is 0 Å². The maximum Gasteiger partial charge on any atom is 0.335 e. The number of rotatable bonds is 4. The topological polar surface area (TPSA) is 107 Å². The number of fused-ring (bicyclic) bond motifs is 1. The van der Waals surface area contributed by atoms with E-state index < -0.39 is 5.97 Å². The number of carbonyl (C=O) groups excluding carboxylic acids is 1. The highest BCUT2D eigenvalue weighted by Gasteiger charge is 2.06. The van der Waals surface area contributed by atoms with Crippen molar-refractivity contribution in [1.29, 1.82) is 0 Å². The molecule has 7 heteroatoms. The number of hydrogen-bond acceptors (Lipinski definition) is 4. The van der Waals surface area contributed by atoms with E-state index in [2.05, 4.69) is 20.5 Å². The summed E-state index contributed by atoms with van der Waals surface area (Å²) < 4.78 is 0. The largest absolute Gasteiger partial charge is 0.478 e. The monoisotopic (exact) mass is 308 g/mol. The van der Waals surface area contributed by atoms with Crippen LogP contribution in [0.3, 0.4) is 0 Å². The molecule has 0 aliphatic carbocycles. The van der Waals surface area contributed by atoms with Crippen LogP contribution in [0.2, 0.25) is 0 Å². The number of nitrogens with one attached hydrogen (secondary N) is 2. The van der Waals surface area contributed by atoms with Crippen LogP contribution in [0.4, 0.5) is 0 Å². The molecule has 0 aliphatic heterocycles. The number of imidazole rings is 1. The number of aromatic nitrogens is 2. The van der Waals surface area contributed by atoms with Crippen molar-refractivity contribution >= 4 is 29.1 Å². The molecule has 0 atom stereocenters. The second-order valence-corrected chi connectivity index (χ2v) is 4.76. The normalized spacial score (nSPS) is 11.0. The predicted molar refractivity (Wildman–Crippen MR) is 84.6 cm³/mol. The molecule has 0 bridgehead atoms. The van der Waals surface area contributed by atoms with Gasteiger partial charge in [-0.1, -0.05) is 12.1 Å². The van der Waals surface area contributed by atoms with Gasteiger partial charge in [0.1, 0.15) is 0 Å². The molecular formula is C16H12N4O3. The van der Waals surface area contributed by atoms with Crippen molar-refractivity contribution in [2.75, 3.05) is 0 Å². The van der Waals surface area contributed by atoms with Gasteiger partial charge in [0.15, 0.2) is 0 Å². The van der Waals surface area contributed by atoms with E-state index >= 15 is 0 Å². The molecular weight excluding hydrogens is 296 g/mol. The summed E-state index contributed by atoms with van der Waals surface area (Å²) in [7, 11) is 0. The lowest BCUT2D eigenvalue weighted by atomic mass is 10.1. The molecule has 7 nitrogen and oxygen atoms in total. The fraction of sp³-hybridized carbons (Fsp3) is 0. The molecule has 114 valence electrons. The van der Waals surface area contributed by atoms with Crippen molar-refractivity contribution in [3.05, 3.63) is 65.5 Å². The molecule has 0 saturated heterocycles. The first-order valence-electron chi connectivity index (χ1n) is 6.73. The van der Waals surface area contributed by atoms with Gasteiger partial charge in [-0.3, -0.25) is 4.79 Å². The minimum absolute atomic E-state index is 0.194. The zero-order valence-electron chi connectivity index (χ0n) is 11.9. The summed E-state index contributed by atoms with van der Waals surface area (Å²) in [6.45, 7) is 0. The molecule has 0 aliphatic rings. The smallest absolute Gasteiger partial charge is 0.335 e. The van der Waals surface area contributed by atoms with Crippen LogP contribution in [-0.4, -0.2) is 33.2 Å². The van der Waals surface area contributed by atoms with Gasteiger partial charge in [0.05, 0.1) is 29.1 Å². The van der Waals surface area contributed by atoms with E-state index in [1.807, 2.05) is 0 Å². The van der Waals surface area contributed by atoms with Gasteiger partial charge in [-0.05, 0) is 35.9 Å². The number of carboxylic acids is 1. The van der Waals surface area contributed by atoms with E-state index in [-0.39, 0.29) is 11.5 Å². The maximum atomic E-state index is 12.0. The maximum absolute atomic E-state index is 12.0. The van der Waals surface area contributed by atoms with Gasteiger partial charge in [0, 0.05) is 5.56 Å². The van der Waals surface area contributed by atoms with Gasteiger partial charge in [-0.2, -0.15) is 5.10 Å². The Balaban J connectivity index is 1.66. The third kappa shape index (κ3) is 3.24. The third-order valence-electron chi connectivity index (χ3n) is 3.22. The highest BCUT2D eigenvalue weighted by molar-refractivity contribution is 5.97. The number of carboxylic acid groups (broad SMARTS) is 1. The Bertz CT molecular complexity index is 897. The Kier molecular flexibility index (Phi) is 3.84. The van der Waals surface area contributed by atoms with E-state index in [1.165, 1.54) is 18.3 Å². The third-order valence-corrected chi connectivity index (χ3v) is 3.22. The summed E-state index contributed by atoms with van der Waals surface area (Å²) >= 11 is 0. The van der Waals surface area contributed by atoms with Crippen molar-refractivity contribution in [3.63, 3.8) is 0 Å². The van der Waals surface area contributed by atoms with Crippen molar-refractivity contribution in [2.45, 2.75) is 0 Å². The van der Waals surface area contributed by atoms with Crippen molar-refractivity contribution < 1.29 is 14.7 Å². The lowest BCUT2D eigenvalue weighted by Crippen LogP contribution is -2.17. The predicted octanol–water partition coefficient (Wildman–Crippen LogP) is 2.02. The first-order chi connectivity index (χ1) is 11.1. The Labute approximate surface area is 130 Å².